The molecule has 0 saturated carbocycles. The Morgan fingerprint density at radius 3 is 2.64 bits per heavy atom. The Balaban J connectivity index is 2.38. The van der Waals surface area contributed by atoms with E-state index in [1.807, 2.05) is 0 Å². The zero-order chi connectivity index (χ0) is 16.3. The second-order valence-corrected chi connectivity index (χ2v) is 4.66. The molecule has 5 N–H and O–H groups in total. The number of aromatic nitrogens is 2. The van der Waals surface area contributed by atoms with E-state index in [1.165, 1.54) is 10.9 Å². The number of imidazole rings is 1. The first-order chi connectivity index (χ1) is 10.5. The molecule has 0 amide bonds. The summed E-state index contributed by atoms with van der Waals surface area (Å²) in [6.07, 6.45) is -4.80. The van der Waals surface area contributed by atoms with E-state index in [-0.39, 0.29) is 11.4 Å². The second-order valence-electron chi connectivity index (χ2n) is 4.66. The quantitative estimate of drug-likeness (QED) is 0.372. The van der Waals surface area contributed by atoms with Crippen LogP contribution in [0.1, 0.15) is 17.6 Å². The Morgan fingerprint density at radius 1 is 1.36 bits per heavy atom. The maximum Gasteiger partial charge on any atom is 0.174 e. The number of nitrogens with zero attached hydrogens (tertiary/aromatic N) is 3. The summed E-state index contributed by atoms with van der Waals surface area (Å²) in [5.74, 6) is 4.81. The Morgan fingerprint density at radius 2 is 2.09 bits per heavy atom. The van der Waals surface area contributed by atoms with Gasteiger partial charge in [-0.25, -0.2) is 4.98 Å². The predicted molar refractivity (Wildman–Crippen MR) is 69.9 cm³/mol. The van der Waals surface area contributed by atoms with Crippen molar-refractivity contribution in [3.8, 4) is 17.9 Å². The minimum absolute atomic E-state index is 0.0598. The maximum absolute atomic E-state index is 9.99. The minimum Gasteiger partial charge on any atom is -0.394 e. The average Bonchev–Trinajstić information content (AvgIpc) is 3.06. The van der Waals surface area contributed by atoms with Gasteiger partial charge < -0.3 is 30.3 Å². The van der Waals surface area contributed by atoms with Crippen LogP contribution in [0.15, 0.2) is 6.33 Å². The molecule has 22 heavy (non-hydrogen) atoms. The van der Waals surface area contributed by atoms with E-state index in [9.17, 15) is 15.3 Å². The van der Waals surface area contributed by atoms with Crippen LogP contribution in [0, 0.1) is 23.2 Å². The number of aliphatic hydroxyl groups excluding tert-OH is 5. The third kappa shape index (κ3) is 2.96. The van der Waals surface area contributed by atoms with Crippen LogP contribution in [0.25, 0.3) is 0 Å². The zero-order valence-electron chi connectivity index (χ0n) is 11.4. The summed E-state index contributed by atoms with van der Waals surface area (Å²) < 4.78 is 6.57. The van der Waals surface area contributed by atoms with Gasteiger partial charge in [0.05, 0.1) is 19.5 Å². The normalized spacial score (nSPS) is 28.7. The van der Waals surface area contributed by atoms with Crippen molar-refractivity contribution in [1.82, 2.24) is 9.55 Å². The molecule has 0 aliphatic carbocycles. The Kier molecular flexibility index (Phi) is 5.11. The average molecular weight is 309 g/mol. The third-order valence-electron chi connectivity index (χ3n) is 3.22. The second kappa shape index (κ2) is 6.85. The van der Waals surface area contributed by atoms with Gasteiger partial charge in [0.25, 0.3) is 0 Å². The molecule has 2 rings (SSSR count). The predicted octanol–water partition coefficient (Wildman–Crippen LogP) is -2.93. The first kappa shape index (κ1) is 16.4. The van der Waals surface area contributed by atoms with Crippen molar-refractivity contribution < 1.29 is 30.3 Å². The monoisotopic (exact) mass is 309 g/mol. The Hall–Kier alpha value is -1.98. The molecule has 0 aromatic carbocycles. The Labute approximate surface area is 125 Å². The topological polar surface area (TPSA) is 152 Å². The van der Waals surface area contributed by atoms with Crippen molar-refractivity contribution in [1.29, 1.82) is 5.26 Å². The van der Waals surface area contributed by atoms with Crippen LogP contribution >= 0.6 is 0 Å². The van der Waals surface area contributed by atoms with Crippen molar-refractivity contribution in [2.75, 3.05) is 13.2 Å². The lowest BCUT2D eigenvalue weighted by atomic mass is 10.1. The summed E-state index contributed by atoms with van der Waals surface area (Å²) in [6.45, 7) is -1.06. The standard InChI is InChI=1S/C13H15N3O6/c14-3-8-9(2-1-7(19)4-17)16(6-15-8)13-12(21)11(20)10(5-18)22-13/h6-7,10-13,17-21H,4-5H2/t7?,10-,11-,12-,13-/m1/s1. The number of hydrogen-bond donors (Lipinski definition) is 5. The first-order valence-electron chi connectivity index (χ1n) is 6.43. The summed E-state index contributed by atoms with van der Waals surface area (Å²) in [4.78, 5) is 3.81. The van der Waals surface area contributed by atoms with E-state index in [0.717, 1.165) is 0 Å². The van der Waals surface area contributed by atoms with Gasteiger partial charge in [-0.15, -0.1) is 0 Å². The van der Waals surface area contributed by atoms with Gasteiger partial charge in [0, 0.05) is 0 Å². The molecular weight excluding hydrogens is 294 g/mol. The van der Waals surface area contributed by atoms with E-state index in [0.29, 0.717) is 0 Å². The van der Waals surface area contributed by atoms with Crippen LogP contribution in [0.2, 0.25) is 0 Å². The molecule has 1 aliphatic heterocycles. The van der Waals surface area contributed by atoms with E-state index < -0.39 is 43.9 Å². The van der Waals surface area contributed by atoms with E-state index in [4.69, 9.17) is 20.2 Å². The molecule has 2 heterocycles. The van der Waals surface area contributed by atoms with E-state index in [2.05, 4.69) is 16.8 Å². The fraction of sp³-hybridized carbons (Fsp3) is 0.538. The maximum atomic E-state index is 9.99. The molecule has 0 bridgehead atoms. The van der Waals surface area contributed by atoms with Crippen LogP contribution in [0.5, 0.6) is 0 Å². The van der Waals surface area contributed by atoms with Crippen molar-refractivity contribution >= 4 is 0 Å². The fourth-order valence-corrected chi connectivity index (χ4v) is 2.07. The molecule has 9 heteroatoms. The molecule has 118 valence electrons. The lowest BCUT2D eigenvalue weighted by molar-refractivity contribution is -0.0531. The van der Waals surface area contributed by atoms with Crippen molar-refractivity contribution in [3.05, 3.63) is 17.7 Å². The molecule has 1 unspecified atom stereocenters. The van der Waals surface area contributed by atoms with Crippen molar-refractivity contribution in [2.24, 2.45) is 0 Å². The number of aliphatic hydroxyl groups is 5. The summed E-state index contributed by atoms with van der Waals surface area (Å²) in [7, 11) is 0. The van der Waals surface area contributed by atoms with Gasteiger partial charge in [-0.1, -0.05) is 5.92 Å². The number of rotatable bonds is 3. The molecule has 1 saturated heterocycles. The summed E-state index contributed by atoms with van der Waals surface area (Å²) in [5, 5.41) is 55.9. The Bertz CT molecular complexity index is 628. The SMILES string of the molecule is N#Cc1ncn([C@@H]2O[C@H](CO)[C@@H](O)[C@H]2O)c1C#CC(O)CO. The van der Waals surface area contributed by atoms with Crippen LogP contribution < -0.4 is 0 Å². The molecule has 1 fully saturated rings. The molecule has 1 aliphatic rings. The van der Waals surface area contributed by atoms with Gasteiger partial charge in [-0.05, 0) is 5.92 Å². The minimum atomic E-state index is -1.35. The highest BCUT2D eigenvalue weighted by atomic mass is 16.6. The smallest absolute Gasteiger partial charge is 0.174 e. The van der Waals surface area contributed by atoms with Gasteiger partial charge >= 0.3 is 0 Å². The molecule has 1 aromatic rings. The highest BCUT2D eigenvalue weighted by Gasteiger charge is 2.44. The fourth-order valence-electron chi connectivity index (χ4n) is 2.07. The van der Waals surface area contributed by atoms with Gasteiger partial charge in [-0.2, -0.15) is 5.26 Å². The summed E-state index contributed by atoms with van der Waals surface area (Å²) >= 11 is 0. The summed E-state index contributed by atoms with van der Waals surface area (Å²) in [5.41, 5.74) is 0.000202. The lowest BCUT2D eigenvalue weighted by Crippen LogP contribution is -2.33. The molecule has 9 nitrogen and oxygen atoms in total. The van der Waals surface area contributed by atoms with Crippen molar-refractivity contribution in [2.45, 2.75) is 30.6 Å². The molecule has 0 spiro atoms. The molecular formula is C13H15N3O6. The van der Waals surface area contributed by atoms with Crippen LogP contribution in [0.3, 0.4) is 0 Å². The first-order valence-corrected chi connectivity index (χ1v) is 6.43. The van der Waals surface area contributed by atoms with Crippen LogP contribution in [-0.4, -0.2) is 72.7 Å². The van der Waals surface area contributed by atoms with Crippen molar-refractivity contribution in [3.63, 3.8) is 0 Å². The van der Waals surface area contributed by atoms with E-state index >= 15 is 0 Å². The number of nitriles is 1. The third-order valence-corrected chi connectivity index (χ3v) is 3.22. The number of hydrogen-bond acceptors (Lipinski definition) is 8. The number of ether oxygens (including phenoxy) is 1. The van der Waals surface area contributed by atoms with Gasteiger partial charge in [-0.3, -0.25) is 4.57 Å². The highest BCUT2D eigenvalue weighted by Crippen LogP contribution is 2.30. The van der Waals surface area contributed by atoms with Crippen LogP contribution in [-0.2, 0) is 4.74 Å². The van der Waals surface area contributed by atoms with Crippen LogP contribution in [0.4, 0.5) is 0 Å². The molecule has 1 aromatic heterocycles. The highest BCUT2D eigenvalue weighted by molar-refractivity contribution is 5.41. The van der Waals surface area contributed by atoms with Gasteiger partial charge in [0.15, 0.2) is 11.9 Å². The van der Waals surface area contributed by atoms with Gasteiger partial charge in [0.1, 0.15) is 36.2 Å². The lowest BCUT2D eigenvalue weighted by Gasteiger charge is -2.17. The molecule has 0 radical (unpaired) electrons. The zero-order valence-corrected chi connectivity index (χ0v) is 11.4. The summed E-state index contributed by atoms with van der Waals surface area (Å²) in [6, 6.07) is 1.80. The van der Waals surface area contributed by atoms with E-state index in [1.54, 1.807) is 6.07 Å². The molecule has 5 atom stereocenters. The largest absolute Gasteiger partial charge is 0.394 e. The van der Waals surface area contributed by atoms with Gasteiger partial charge in [0.2, 0.25) is 0 Å².